The molecule has 2 aliphatic heterocycles. The van der Waals surface area contributed by atoms with Crippen molar-refractivity contribution in [3.63, 3.8) is 0 Å². The lowest BCUT2D eigenvalue weighted by Gasteiger charge is -2.25. The minimum Gasteiger partial charge on any atom is -0.394 e. The van der Waals surface area contributed by atoms with Gasteiger partial charge in [0.05, 0.1) is 5.37 Å². The second-order valence-corrected chi connectivity index (χ2v) is 8.06. The second kappa shape index (κ2) is 9.28. The predicted molar refractivity (Wildman–Crippen MR) is 113 cm³/mol. The highest BCUT2D eigenvalue weighted by Crippen LogP contribution is 2.33. The van der Waals surface area contributed by atoms with Crippen molar-refractivity contribution in [2.75, 3.05) is 20.1 Å². The van der Waals surface area contributed by atoms with Gasteiger partial charge in [0.2, 0.25) is 0 Å². The van der Waals surface area contributed by atoms with E-state index >= 15 is 0 Å². The number of hydrogen-bond acceptors (Lipinski definition) is 5. The molecule has 2 heterocycles. The van der Waals surface area contributed by atoms with Crippen molar-refractivity contribution in [3.05, 3.63) is 47.4 Å². The fourth-order valence-corrected chi connectivity index (χ4v) is 4.54. The van der Waals surface area contributed by atoms with Crippen LogP contribution in [0.1, 0.15) is 44.2 Å². The average molecular weight is 371 g/mol. The van der Waals surface area contributed by atoms with Crippen LogP contribution in [-0.2, 0) is 6.54 Å². The van der Waals surface area contributed by atoms with Crippen LogP contribution >= 0.6 is 11.8 Å². The maximum absolute atomic E-state index is 4.73. The predicted octanol–water partition coefficient (Wildman–Crippen LogP) is 4.21. The maximum atomic E-state index is 4.73. The molecule has 1 saturated heterocycles. The summed E-state index contributed by atoms with van der Waals surface area (Å²) in [6.07, 6.45) is 9.77. The highest BCUT2D eigenvalue weighted by molar-refractivity contribution is 8.00. The fourth-order valence-electron chi connectivity index (χ4n) is 3.45. The van der Waals surface area contributed by atoms with E-state index in [-0.39, 0.29) is 0 Å². The highest BCUT2D eigenvalue weighted by Gasteiger charge is 2.19. The van der Waals surface area contributed by atoms with Gasteiger partial charge in [-0.2, -0.15) is 0 Å². The first kappa shape index (κ1) is 19.1. The zero-order valence-corrected chi connectivity index (χ0v) is 16.9. The first-order valence-corrected chi connectivity index (χ1v) is 10.4. The Labute approximate surface area is 161 Å². The standard InChI is InChI=1S/C21H30N4S/c1-4-20(25-11-5-6-12-25)23-10-9-21-24-15-18-13-17(16(2)14-22-3)7-8-19(18)26-21/h4,7-8,10,13-14,21-22,24H,5-6,9,11-12,15H2,1-3H3/b16-14+,20-4+,23-10?. The van der Waals surface area contributed by atoms with Crippen LogP contribution in [0.2, 0.25) is 0 Å². The molecule has 3 rings (SSSR count). The number of thioether (sulfide) groups is 1. The van der Waals surface area contributed by atoms with Crippen molar-refractivity contribution in [2.24, 2.45) is 4.99 Å². The largest absolute Gasteiger partial charge is 0.394 e. The third-order valence-electron chi connectivity index (χ3n) is 4.90. The lowest BCUT2D eigenvalue weighted by molar-refractivity contribution is 0.422. The summed E-state index contributed by atoms with van der Waals surface area (Å²) in [5.41, 5.74) is 3.93. The molecule has 0 saturated carbocycles. The molecule has 0 radical (unpaired) electrons. The van der Waals surface area contributed by atoms with E-state index in [4.69, 9.17) is 4.99 Å². The third-order valence-corrected chi connectivity index (χ3v) is 6.19. The summed E-state index contributed by atoms with van der Waals surface area (Å²) in [4.78, 5) is 8.49. The van der Waals surface area contributed by atoms with Gasteiger partial charge in [-0.25, -0.2) is 4.99 Å². The van der Waals surface area contributed by atoms with E-state index in [1.54, 1.807) is 0 Å². The van der Waals surface area contributed by atoms with Crippen molar-refractivity contribution in [1.29, 1.82) is 0 Å². The molecule has 2 aliphatic rings. The van der Waals surface area contributed by atoms with Crippen LogP contribution in [-0.4, -0.2) is 36.6 Å². The number of nitrogens with one attached hydrogen (secondary N) is 2. The van der Waals surface area contributed by atoms with Gasteiger partial charge < -0.3 is 15.5 Å². The van der Waals surface area contributed by atoms with E-state index in [0.717, 1.165) is 31.9 Å². The van der Waals surface area contributed by atoms with Crippen molar-refractivity contribution >= 4 is 23.5 Å². The summed E-state index contributed by atoms with van der Waals surface area (Å²) in [5.74, 6) is 1.13. The van der Waals surface area contributed by atoms with Crippen molar-refractivity contribution in [1.82, 2.24) is 15.5 Å². The molecular formula is C21H30N4S. The van der Waals surface area contributed by atoms with E-state index in [1.165, 1.54) is 34.4 Å². The van der Waals surface area contributed by atoms with Crippen LogP contribution in [0, 0.1) is 0 Å². The number of aliphatic imine (C=N–C) groups is 1. The van der Waals surface area contributed by atoms with E-state index in [2.05, 4.69) is 59.9 Å². The first-order chi connectivity index (χ1) is 12.7. The lowest BCUT2D eigenvalue weighted by atomic mass is 10.0. The molecule has 0 aromatic heterocycles. The number of hydrogen-bond donors (Lipinski definition) is 2. The number of likely N-dealkylation sites (tertiary alicyclic amines) is 1. The molecule has 5 heteroatoms. The van der Waals surface area contributed by atoms with Crippen molar-refractivity contribution in [3.8, 4) is 0 Å². The SMILES string of the molecule is C/C=C(\N=CCC1NCc2cc(/C(C)=C/NC)ccc2S1)N1CCCC1. The number of fused-ring (bicyclic) bond motifs is 1. The number of rotatable bonds is 6. The van der Waals surface area contributed by atoms with Gasteiger partial charge in [-0.1, -0.05) is 6.07 Å². The Hall–Kier alpha value is -1.72. The Morgan fingerprint density at radius 1 is 1.38 bits per heavy atom. The first-order valence-electron chi connectivity index (χ1n) is 9.52. The van der Waals surface area contributed by atoms with Gasteiger partial charge in [0, 0.05) is 44.2 Å². The van der Waals surface area contributed by atoms with Crippen LogP contribution in [0.4, 0.5) is 0 Å². The van der Waals surface area contributed by atoms with Gasteiger partial charge in [-0.15, -0.1) is 11.8 Å². The molecule has 1 fully saturated rings. The smallest absolute Gasteiger partial charge is 0.123 e. The van der Waals surface area contributed by atoms with Gasteiger partial charge >= 0.3 is 0 Å². The summed E-state index contributed by atoms with van der Waals surface area (Å²) < 4.78 is 0. The Kier molecular flexibility index (Phi) is 6.80. The molecule has 1 unspecified atom stereocenters. The molecule has 26 heavy (non-hydrogen) atoms. The van der Waals surface area contributed by atoms with E-state index in [1.807, 2.05) is 25.0 Å². The Morgan fingerprint density at radius 3 is 2.92 bits per heavy atom. The second-order valence-electron chi connectivity index (χ2n) is 6.81. The molecule has 1 aromatic carbocycles. The van der Waals surface area contributed by atoms with Gasteiger partial charge in [-0.3, -0.25) is 0 Å². The van der Waals surface area contributed by atoms with Crippen LogP contribution in [0.15, 0.2) is 46.2 Å². The van der Waals surface area contributed by atoms with Crippen molar-refractivity contribution in [2.45, 2.75) is 49.9 Å². The minimum atomic E-state index is 0.391. The van der Waals surface area contributed by atoms with Gasteiger partial charge in [0.25, 0.3) is 0 Å². The number of nitrogens with zero attached hydrogens (tertiary/aromatic N) is 2. The topological polar surface area (TPSA) is 39.7 Å². The zero-order valence-electron chi connectivity index (χ0n) is 16.1. The van der Waals surface area contributed by atoms with Crippen LogP contribution < -0.4 is 10.6 Å². The molecule has 0 spiro atoms. The fraction of sp³-hybridized carbons (Fsp3) is 0.476. The highest BCUT2D eigenvalue weighted by atomic mass is 32.2. The molecule has 2 N–H and O–H groups in total. The third kappa shape index (κ3) is 4.71. The average Bonchev–Trinajstić information content (AvgIpc) is 3.19. The molecule has 4 nitrogen and oxygen atoms in total. The molecule has 0 aliphatic carbocycles. The molecule has 1 aromatic rings. The molecule has 1 atom stereocenters. The number of allylic oxidation sites excluding steroid dienone is 2. The normalized spacial score (nSPS) is 21.3. The summed E-state index contributed by atoms with van der Waals surface area (Å²) in [7, 11) is 1.94. The molecule has 0 bridgehead atoms. The summed E-state index contributed by atoms with van der Waals surface area (Å²) in [6.45, 7) is 7.43. The van der Waals surface area contributed by atoms with E-state index < -0.39 is 0 Å². The minimum absolute atomic E-state index is 0.391. The molecular weight excluding hydrogens is 340 g/mol. The van der Waals surface area contributed by atoms with E-state index in [0.29, 0.717) is 5.37 Å². The zero-order chi connectivity index (χ0) is 18.4. The Morgan fingerprint density at radius 2 is 2.19 bits per heavy atom. The number of benzene rings is 1. The van der Waals surface area contributed by atoms with Crippen LogP contribution in [0.5, 0.6) is 0 Å². The summed E-state index contributed by atoms with van der Waals surface area (Å²) in [6, 6.07) is 6.78. The van der Waals surface area contributed by atoms with Gasteiger partial charge in [0.15, 0.2) is 0 Å². The quantitative estimate of drug-likeness (QED) is 0.736. The van der Waals surface area contributed by atoms with Crippen LogP contribution in [0.3, 0.4) is 0 Å². The summed E-state index contributed by atoms with van der Waals surface area (Å²) in [5, 5.41) is 7.13. The van der Waals surface area contributed by atoms with Crippen molar-refractivity contribution < 1.29 is 0 Å². The molecule has 140 valence electrons. The lowest BCUT2D eigenvalue weighted by Crippen LogP contribution is -2.29. The summed E-state index contributed by atoms with van der Waals surface area (Å²) >= 11 is 1.91. The van der Waals surface area contributed by atoms with E-state index in [9.17, 15) is 0 Å². The van der Waals surface area contributed by atoms with Crippen LogP contribution in [0.25, 0.3) is 5.57 Å². The van der Waals surface area contributed by atoms with Gasteiger partial charge in [-0.05, 0) is 67.8 Å². The Balaban J connectivity index is 1.58. The monoisotopic (exact) mass is 370 g/mol. The van der Waals surface area contributed by atoms with Gasteiger partial charge in [0.1, 0.15) is 5.82 Å². The molecule has 0 amide bonds. The maximum Gasteiger partial charge on any atom is 0.123 e. The Bertz CT molecular complexity index is 702.